The van der Waals surface area contributed by atoms with Crippen molar-refractivity contribution in [3.63, 3.8) is 0 Å². The summed E-state index contributed by atoms with van der Waals surface area (Å²) in [6.07, 6.45) is 6.27. The third-order valence-electron chi connectivity index (χ3n) is 2.95. The highest BCUT2D eigenvalue weighted by Gasteiger charge is 2.19. The van der Waals surface area contributed by atoms with E-state index in [4.69, 9.17) is 11.6 Å². The summed E-state index contributed by atoms with van der Waals surface area (Å²) in [7, 11) is 0. The predicted octanol–water partition coefficient (Wildman–Crippen LogP) is 3.40. The number of hydrogen-bond donors (Lipinski definition) is 1. The van der Waals surface area contributed by atoms with Gasteiger partial charge in [0.05, 0.1) is 24.3 Å². The number of halogens is 1. The summed E-state index contributed by atoms with van der Waals surface area (Å²) in [6, 6.07) is 6.39. The Kier molecular flexibility index (Phi) is 4.11. The predicted molar refractivity (Wildman–Crippen MR) is 84.7 cm³/mol. The molecule has 0 aliphatic heterocycles. The molecule has 0 radical (unpaired) electrons. The molecule has 0 spiro atoms. The van der Waals surface area contributed by atoms with Gasteiger partial charge in [-0.15, -0.1) is 0 Å². The summed E-state index contributed by atoms with van der Waals surface area (Å²) in [5.74, 6) is 0.156. The maximum Gasteiger partial charge on any atom is 0.417 e. The second kappa shape index (κ2) is 6.37. The van der Waals surface area contributed by atoms with Gasteiger partial charge < -0.3 is 5.11 Å². The Hall–Kier alpha value is -3.06. The SMILES string of the molecule is O=C(O)N(c1ccc(Cl)cc1)c1cncc(-c2cnccn2)n1. The van der Waals surface area contributed by atoms with Crippen LogP contribution in [0, 0.1) is 0 Å². The average molecular weight is 328 g/mol. The molecule has 3 rings (SSSR count). The fourth-order valence-electron chi connectivity index (χ4n) is 1.95. The van der Waals surface area contributed by atoms with Crippen LogP contribution in [0.2, 0.25) is 5.02 Å². The normalized spacial score (nSPS) is 10.3. The first kappa shape index (κ1) is 14.9. The molecule has 0 saturated carbocycles. The molecule has 0 aliphatic rings. The number of hydrogen-bond acceptors (Lipinski definition) is 5. The van der Waals surface area contributed by atoms with Crippen LogP contribution in [0.1, 0.15) is 0 Å². The number of benzene rings is 1. The lowest BCUT2D eigenvalue weighted by atomic mass is 10.3. The van der Waals surface area contributed by atoms with Gasteiger partial charge in [0.25, 0.3) is 0 Å². The highest BCUT2D eigenvalue weighted by atomic mass is 35.5. The van der Waals surface area contributed by atoms with Crippen molar-refractivity contribution in [3.05, 3.63) is 60.3 Å². The fourth-order valence-corrected chi connectivity index (χ4v) is 2.08. The fraction of sp³-hybridized carbons (Fsp3) is 0. The van der Waals surface area contributed by atoms with Gasteiger partial charge in [0, 0.05) is 17.4 Å². The molecule has 1 N–H and O–H groups in total. The van der Waals surface area contributed by atoms with Crippen molar-refractivity contribution in [3.8, 4) is 11.4 Å². The van der Waals surface area contributed by atoms with Crippen LogP contribution in [-0.4, -0.2) is 31.1 Å². The molecule has 0 fully saturated rings. The van der Waals surface area contributed by atoms with E-state index in [2.05, 4.69) is 19.9 Å². The Morgan fingerprint density at radius 1 is 1.00 bits per heavy atom. The summed E-state index contributed by atoms with van der Waals surface area (Å²) < 4.78 is 0. The van der Waals surface area contributed by atoms with E-state index in [1.54, 1.807) is 24.3 Å². The van der Waals surface area contributed by atoms with E-state index in [0.29, 0.717) is 22.1 Å². The molecule has 114 valence electrons. The molecule has 0 saturated heterocycles. The van der Waals surface area contributed by atoms with Gasteiger partial charge in [-0.3, -0.25) is 15.0 Å². The molecule has 0 atom stereocenters. The smallest absolute Gasteiger partial charge is 0.417 e. The van der Waals surface area contributed by atoms with E-state index in [-0.39, 0.29) is 5.82 Å². The van der Waals surface area contributed by atoms with E-state index in [1.807, 2.05) is 0 Å². The van der Waals surface area contributed by atoms with Crippen LogP contribution < -0.4 is 4.90 Å². The van der Waals surface area contributed by atoms with E-state index >= 15 is 0 Å². The number of carbonyl (C=O) groups is 1. The highest BCUT2D eigenvalue weighted by molar-refractivity contribution is 6.30. The Morgan fingerprint density at radius 2 is 1.74 bits per heavy atom. The Bertz CT molecular complexity index is 827. The van der Waals surface area contributed by atoms with Crippen molar-refractivity contribution in [1.82, 2.24) is 19.9 Å². The summed E-state index contributed by atoms with van der Waals surface area (Å²) in [5.41, 5.74) is 1.34. The Morgan fingerprint density at radius 3 is 2.39 bits per heavy atom. The van der Waals surface area contributed by atoms with Crippen LogP contribution in [0.25, 0.3) is 11.4 Å². The third-order valence-corrected chi connectivity index (χ3v) is 3.20. The van der Waals surface area contributed by atoms with Crippen LogP contribution >= 0.6 is 11.6 Å². The molecule has 2 heterocycles. The molecule has 1 amide bonds. The molecule has 8 heteroatoms. The van der Waals surface area contributed by atoms with Gasteiger partial charge in [-0.2, -0.15) is 0 Å². The van der Waals surface area contributed by atoms with Crippen molar-refractivity contribution in [1.29, 1.82) is 0 Å². The van der Waals surface area contributed by atoms with E-state index < -0.39 is 6.09 Å². The van der Waals surface area contributed by atoms with Crippen molar-refractivity contribution >= 4 is 29.2 Å². The lowest BCUT2D eigenvalue weighted by Gasteiger charge is -2.18. The second-order valence-corrected chi connectivity index (χ2v) is 4.88. The lowest BCUT2D eigenvalue weighted by molar-refractivity contribution is 0.204. The zero-order chi connectivity index (χ0) is 16.2. The quantitative estimate of drug-likeness (QED) is 0.792. The van der Waals surface area contributed by atoms with Crippen molar-refractivity contribution < 1.29 is 9.90 Å². The topological polar surface area (TPSA) is 92.1 Å². The molecule has 7 nitrogen and oxygen atoms in total. The van der Waals surface area contributed by atoms with Crippen LogP contribution in [0.4, 0.5) is 16.3 Å². The standard InChI is InChI=1S/C15H10ClN5O2/c16-10-1-3-11(4-2-10)21(15(22)23)14-9-18-8-13(20-14)12-7-17-5-6-19-12/h1-9H,(H,22,23). The first-order valence-electron chi connectivity index (χ1n) is 6.52. The van der Waals surface area contributed by atoms with Crippen LogP contribution in [-0.2, 0) is 0 Å². The van der Waals surface area contributed by atoms with E-state index in [0.717, 1.165) is 4.90 Å². The molecular weight excluding hydrogens is 318 g/mol. The number of anilines is 2. The molecule has 0 unspecified atom stereocenters. The number of aromatic nitrogens is 4. The van der Waals surface area contributed by atoms with Gasteiger partial charge in [-0.05, 0) is 24.3 Å². The van der Waals surface area contributed by atoms with Gasteiger partial charge in [0.1, 0.15) is 11.4 Å². The van der Waals surface area contributed by atoms with E-state index in [1.165, 1.54) is 31.0 Å². The van der Waals surface area contributed by atoms with Gasteiger partial charge in [-0.25, -0.2) is 14.7 Å². The van der Waals surface area contributed by atoms with Gasteiger partial charge >= 0.3 is 6.09 Å². The Balaban J connectivity index is 2.04. The third kappa shape index (κ3) is 3.24. The molecule has 2 aromatic heterocycles. The summed E-state index contributed by atoms with van der Waals surface area (Å²) in [5, 5.41) is 10.0. The molecule has 3 aromatic rings. The first-order valence-corrected chi connectivity index (χ1v) is 6.90. The van der Waals surface area contributed by atoms with Crippen LogP contribution in [0.3, 0.4) is 0 Å². The molecular formula is C15H10ClN5O2. The van der Waals surface area contributed by atoms with Gasteiger partial charge in [0.2, 0.25) is 0 Å². The maximum absolute atomic E-state index is 11.6. The van der Waals surface area contributed by atoms with Gasteiger partial charge in [0.15, 0.2) is 5.82 Å². The van der Waals surface area contributed by atoms with E-state index in [9.17, 15) is 9.90 Å². The number of rotatable bonds is 3. The van der Waals surface area contributed by atoms with Crippen LogP contribution in [0.5, 0.6) is 0 Å². The summed E-state index contributed by atoms with van der Waals surface area (Å²) in [4.78, 5) is 29.1. The van der Waals surface area contributed by atoms with Crippen molar-refractivity contribution in [2.24, 2.45) is 0 Å². The second-order valence-electron chi connectivity index (χ2n) is 4.45. The molecule has 23 heavy (non-hydrogen) atoms. The average Bonchev–Trinajstić information content (AvgIpc) is 2.58. The zero-order valence-corrected chi connectivity index (χ0v) is 12.4. The van der Waals surface area contributed by atoms with Crippen molar-refractivity contribution in [2.75, 3.05) is 4.90 Å². The first-order chi connectivity index (χ1) is 11.1. The number of nitrogens with zero attached hydrogens (tertiary/aromatic N) is 5. The number of carboxylic acid groups (broad SMARTS) is 1. The monoisotopic (exact) mass is 327 g/mol. The zero-order valence-electron chi connectivity index (χ0n) is 11.7. The largest absolute Gasteiger partial charge is 0.464 e. The lowest BCUT2D eigenvalue weighted by Crippen LogP contribution is -2.24. The van der Waals surface area contributed by atoms with Gasteiger partial charge in [-0.1, -0.05) is 11.6 Å². The van der Waals surface area contributed by atoms with Crippen molar-refractivity contribution in [2.45, 2.75) is 0 Å². The van der Waals surface area contributed by atoms with Crippen LogP contribution in [0.15, 0.2) is 55.2 Å². The summed E-state index contributed by atoms with van der Waals surface area (Å²) in [6.45, 7) is 0. The molecule has 1 aromatic carbocycles. The Labute approximate surface area is 136 Å². The highest BCUT2D eigenvalue weighted by Crippen LogP contribution is 2.26. The minimum atomic E-state index is -1.18. The molecule has 0 bridgehead atoms. The summed E-state index contributed by atoms with van der Waals surface area (Å²) >= 11 is 5.84. The molecule has 0 aliphatic carbocycles. The maximum atomic E-state index is 11.6. The minimum Gasteiger partial charge on any atom is -0.464 e. The minimum absolute atomic E-state index is 0.156. The number of amides is 1.